The zero-order valence-electron chi connectivity index (χ0n) is 63.6. The van der Waals surface area contributed by atoms with Crippen molar-refractivity contribution < 1.29 is 16.8 Å². The summed E-state index contributed by atoms with van der Waals surface area (Å²) in [6.45, 7) is 81.0. The first-order valence-corrected chi connectivity index (χ1v) is 40.0. The molecule has 6 rings (SSSR count). The summed E-state index contributed by atoms with van der Waals surface area (Å²) in [6.07, 6.45) is 15.8. The predicted octanol–water partition coefficient (Wildman–Crippen LogP) is 21.7. The van der Waals surface area contributed by atoms with Crippen LogP contribution >= 0.6 is 11.8 Å². The Morgan fingerprint density at radius 2 is 0.753 bits per heavy atom. The quantitative estimate of drug-likeness (QED) is 0.279. The fourth-order valence-electron chi connectivity index (χ4n) is 14.1. The fourth-order valence-corrected chi connectivity index (χ4v) is 21.5. The molecular formula is C76H154N2O4S3. The summed E-state index contributed by atoms with van der Waals surface area (Å²) in [7, 11) is -5.66. The van der Waals surface area contributed by atoms with Gasteiger partial charge in [0.2, 0.25) is 0 Å². The Balaban J connectivity index is 0.000000510. The SMILES string of the molecule is CC(C)(C)C1CCCC(C(C)(C)C)C1.CC(C)(C)C1CCN(C(C)(C)C)CC1.CC(C)(C)C1CSCC(C(C)(C)C)C1.CC(C)C1CC(C(C)(C)C)CS(=O)(=O)C1.CC(C)C1CCC(C(C)(C)C)CS1(=O)=O.CC(C)N1CCCC(C(C)(C)C)C1. The Kier molecular flexibility index (Phi) is 32.1. The minimum absolute atomic E-state index is 0.101. The van der Waals surface area contributed by atoms with Gasteiger partial charge in [-0.25, -0.2) is 16.8 Å². The molecule has 1 saturated carbocycles. The molecule has 6 aliphatic rings. The van der Waals surface area contributed by atoms with Gasteiger partial charge in [-0.1, -0.05) is 200 Å². The second-order valence-electron chi connectivity index (χ2n) is 39.4. The number of piperidine rings is 2. The highest BCUT2D eigenvalue weighted by atomic mass is 32.2. The van der Waals surface area contributed by atoms with Crippen LogP contribution in [-0.4, -0.2) is 98.4 Å². The molecule has 0 aromatic rings. The third kappa shape index (κ3) is 30.6. The molecule has 0 aromatic carbocycles. The maximum atomic E-state index is 12.1. The summed E-state index contributed by atoms with van der Waals surface area (Å²) in [4.78, 5) is 5.24. The standard InChI is InChI=1S/C14H28.C13H27N.C13H26S.C12H25N.2C12H24O2S/c1-13(2,3)11-8-7-9-12(10-11)14(4,5)6;1-12(2,3)11-7-9-14(10-8-11)13(4,5)6;1-12(2,3)10-7-11(9-14-8-10)13(4,5)6;1-10(2)13-8-6-7-11(9-13)12(3,4)5;1-9(2)10-6-11(12(3,4)5)8-15(13,14)7-10;1-9(2)11-7-6-10(12(3,4)5)8-15(11,13)14/h11-12H,7-10H2,1-6H3;11H,7-10H2,1-6H3;10-11H,7-9H2,1-6H3;10-11H,6-9H2,1-5H3;2*9-11H,6-8H2,1-5H3. The van der Waals surface area contributed by atoms with E-state index >= 15 is 0 Å². The summed E-state index contributed by atoms with van der Waals surface area (Å²) in [5, 5.41) is -0.101. The molecule has 510 valence electrons. The van der Waals surface area contributed by atoms with Crippen LogP contribution in [0.25, 0.3) is 0 Å². The molecule has 0 amide bonds. The molecule has 0 radical (unpaired) electrons. The lowest BCUT2D eigenvalue weighted by Gasteiger charge is -2.44. The topological polar surface area (TPSA) is 74.8 Å². The molecule has 0 spiro atoms. The Bertz CT molecular complexity index is 1980. The summed E-state index contributed by atoms with van der Waals surface area (Å²) in [5.74, 6) is 11.2. The molecule has 9 unspecified atom stereocenters. The Morgan fingerprint density at radius 3 is 1.09 bits per heavy atom. The molecule has 6 nitrogen and oxygen atoms in total. The fraction of sp³-hybridized carbons (Fsp3) is 1.00. The van der Waals surface area contributed by atoms with Gasteiger partial charge in [-0.15, -0.1) is 0 Å². The minimum atomic E-state index is -2.86. The van der Waals surface area contributed by atoms with Crippen LogP contribution in [0.15, 0.2) is 0 Å². The van der Waals surface area contributed by atoms with E-state index in [0.29, 0.717) is 79.0 Å². The average molecular weight is 1260 g/mol. The first kappa shape index (κ1) is 83.2. The van der Waals surface area contributed by atoms with Crippen molar-refractivity contribution in [3.63, 3.8) is 0 Å². The second kappa shape index (κ2) is 32.8. The van der Waals surface area contributed by atoms with E-state index in [4.69, 9.17) is 0 Å². The lowest BCUT2D eigenvalue weighted by Crippen LogP contribution is -2.47. The smallest absolute Gasteiger partial charge is 0.153 e. The molecule has 9 heteroatoms. The van der Waals surface area contributed by atoms with E-state index in [0.717, 1.165) is 60.8 Å². The van der Waals surface area contributed by atoms with Crippen molar-refractivity contribution in [2.24, 2.45) is 108 Å². The molecule has 0 bridgehead atoms. The van der Waals surface area contributed by atoms with Crippen LogP contribution < -0.4 is 0 Å². The van der Waals surface area contributed by atoms with Crippen molar-refractivity contribution in [1.29, 1.82) is 0 Å². The van der Waals surface area contributed by atoms with Gasteiger partial charge in [-0.2, -0.15) is 11.8 Å². The highest BCUT2D eigenvalue weighted by Gasteiger charge is 2.42. The molecule has 0 aromatic heterocycles. The van der Waals surface area contributed by atoms with Gasteiger partial charge in [0.05, 0.1) is 22.5 Å². The van der Waals surface area contributed by atoms with Crippen molar-refractivity contribution in [3.05, 3.63) is 0 Å². The van der Waals surface area contributed by atoms with E-state index < -0.39 is 19.7 Å². The Labute approximate surface area is 540 Å². The van der Waals surface area contributed by atoms with E-state index in [1.165, 1.54) is 95.5 Å². The minimum Gasteiger partial charge on any atom is -0.301 e. The third-order valence-corrected chi connectivity index (χ3v) is 27.9. The van der Waals surface area contributed by atoms with Crippen LogP contribution in [0, 0.1) is 108 Å². The number of sulfone groups is 2. The molecule has 5 saturated heterocycles. The zero-order chi connectivity index (χ0) is 66.7. The van der Waals surface area contributed by atoms with Gasteiger partial charge in [-0.3, -0.25) is 4.90 Å². The average Bonchev–Trinajstić information content (AvgIpc) is 3.55. The number of rotatable bonds is 3. The van der Waals surface area contributed by atoms with Crippen LogP contribution in [0.2, 0.25) is 0 Å². The predicted molar refractivity (Wildman–Crippen MR) is 384 cm³/mol. The van der Waals surface area contributed by atoms with Crippen LogP contribution in [0.5, 0.6) is 0 Å². The number of hydrogen-bond donors (Lipinski definition) is 0. The normalized spacial score (nSPS) is 29.1. The van der Waals surface area contributed by atoms with Crippen molar-refractivity contribution >= 4 is 31.4 Å². The van der Waals surface area contributed by atoms with Crippen molar-refractivity contribution in [1.82, 2.24) is 9.80 Å². The first-order chi connectivity index (χ1) is 37.8. The van der Waals surface area contributed by atoms with E-state index in [1.54, 1.807) is 0 Å². The van der Waals surface area contributed by atoms with E-state index in [9.17, 15) is 16.8 Å². The van der Waals surface area contributed by atoms with Gasteiger partial charge in [0.25, 0.3) is 0 Å². The Morgan fingerprint density at radius 1 is 0.365 bits per heavy atom. The highest BCUT2D eigenvalue weighted by Crippen LogP contribution is 2.48. The van der Waals surface area contributed by atoms with Crippen molar-refractivity contribution in [2.75, 3.05) is 54.9 Å². The van der Waals surface area contributed by atoms with Gasteiger partial charge in [0.15, 0.2) is 19.7 Å². The molecule has 1 aliphatic carbocycles. The summed E-state index contributed by atoms with van der Waals surface area (Å²) < 4.78 is 47.8. The second-order valence-corrected chi connectivity index (χ2v) is 44.9. The van der Waals surface area contributed by atoms with E-state index in [1.807, 2.05) is 13.8 Å². The summed E-state index contributed by atoms with van der Waals surface area (Å²) in [5.41, 5.74) is 3.62. The maximum absolute atomic E-state index is 12.1. The van der Waals surface area contributed by atoms with Gasteiger partial charge in [-0.05, 0) is 245 Å². The highest BCUT2D eigenvalue weighted by molar-refractivity contribution is 7.99. The number of hydrogen-bond acceptors (Lipinski definition) is 7. The van der Waals surface area contributed by atoms with Gasteiger partial charge in [0, 0.05) is 18.1 Å². The van der Waals surface area contributed by atoms with Gasteiger partial charge < -0.3 is 4.90 Å². The molecule has 6 fully saturated rings. The number of thioether (sulfide) groups is 1. The monoisotopic (exact) mass is 1260 g/mol. The maximum Gasteiger partial charge on any atom is 0.153 e. The van der Waals surface area contributed by atoms with Gasteiger partial charge >= 0.3 is 0 Å². The zero-order valence-corrected chi connectivity index (χ0v) is 66.1. The van der Waals surface area contributed by atoms with Crippen molar-refractivity contribution in [3.8, 4) is 0 Å². The molecule has 0 N–H and O–H groups in total. The largest absolute Gasteiger partial charge is 0.301 e. The summed E-state index contributed by atoms with van der Waals surface area (Å²) in [6, 6.07) is 0.727. The van der Waals surface area contributed by atoms with E-state index in [2.05, 4.69) is 236 Å². The van der Waals surface area contributed by atoms with E-state index in [-0.39, 0.29) is 22.0 Å². The molecule has 9 atom stereocenters. The molecule has 85 heavy (non-hydrogen) atoms. The van der Waals surface area contributed by atoms with Crippen LogP contribution in [0.3, 0.4) is 0 Å². The molecule has 5 aliphatic heterocycles. The summed E-state index contributed by atoms with van der Waals surface area (Å²) >= 11 is 2.16. The molecular weight excluding hydrogens is 1100 g/mol. The lowest BCUT2D eigenvalue weighted by molar-refractivity contribution is 0.0532. The van der Waals surface area contributed by atoms with Gasteiger partial charge in [0.1, 0.15) is 0 Å². The number of nitrogens with zero attached hydrogens (tertiary/aromatic N) is 2. The van der Waals surface area contributed by atoms with Crippen LogP contribution in [0.4, 0.5) is 0 Å². The van der Waals surface area contributed by atoms with Crippen LogP contribution in [-0.2, 0) is 19.7 Å². The Hall–Kier alpha value is 0.170. The van der Waals surface area contributed by atoms with Crippen LogP contribution in [0.1, 0.15) is 306 Å². The lowest BCUT2D eigenvalue weighted by atomic mass is 9.63. The third-order valence-electron chi connectivity index (χ3n) is 22.2. The molecule has 5 heterocycles. The van der Waals surface area contributed by atoms with Crippen molar-refractivity contribution in [2.45, 2.75) is 322 Å². The first-order valence-electron chi connectivity index (χ1n) is 35.3. The number of likely N-dealkylation sites (tertiary alicyclic amines) is 2.